The van der Waals surface area contributed by atoms with E-state index in [9.17, 15) is 9.18 Å². The summed E-state index contributed by atoms with van der Waals surface area (Å²) in [5.74, 6) is -0.557. The Bertz CT molecular complexity index is 566. The van der Waals surface area contributed by atoms with Gasteiger partial charge in [-0.3, -0.25) is 4.79 Å². The Morgan fingerprint density at radius 3 is 2.44 bits per heavy atom. The molecule has 0 aromatic heterocycles. The number of halogens is 1. The van der Waals surface area contributed by atoms with Crippen molar-refractivity contribution in [2.75, 3.05) is 11.9 Å². The predicted octanol–water partition coefficient (Wildman–Crippen LogP) is 2.81. The highest BCUT2D eigenvalue weighted by Crippen LogP contribution is 2.18. The van der Waals surface area contributed by atoms with Crippen molar-refractivity contribution in [3.8, 4) is 5.75 Å². The summed E-state index contributed by atoms with van der Waals surface area (Å²) in [6.07, 6.45) is 0. The zero-order chi connectivity index (χ0) is 13.1. The number of nitrogens with zero attached hydrogens (tertiary/aromatic N) is 1. The van der Waals surface area contributed by atoms with Gasteiger partial charge in [0.15, 0.2) is 0 Å². The van der Waals surface area contributed by atoms with Gasteiger partial charge in [0.1, 0.15) is 11.6 Å². The lowest BCUT2D eigenvalue weighted by Crippen LogP contribution is -2.26. The zero-order valence-corrected chi connectivity index (χ0v) is 9.80. The first-order valence-corrected chi connectivity index (χ1v) is 5.40. The summed E-state index contributed by atoms with van der Waals surface area (Å²) < 4.78 is 13.1. The van der Waals surface area contributed by atoms with Crippen LogP contribution in [-0.4, -0.2) is 18.1 Å². The summed E-state index contributed by atoms with van der Waals surface area (Å²) in [5.41, 5.74) is 0.910. The number of anilines is 1. The first-order valence-electron chi connectivity index (χ1n) is 5.40. The minimum atomic E-state index is -0.391. The molecule has 0 saturated heterocycles. The molecule has 2 aromatic carbocycles. The van der Waals surface area contributed by atoms with Crippen molar-refractivity contribution in [2.45, 2.75) is 0 Å². The lowest BCUT2D eigenvalue weighted by atomic mass is 10.2. The van der Waals surface area contributed by atoms with E-state index in [1.54, 1.807) is 19.2 Å². The Kier molecular flexibility index (Phi) is 3.28. The van der Waals surface area contributed by atoms with Crippen molar-refractivity contribution >= 4 is 11.6 Å². The number of phenols is 1. The number of rotatable bonds is 2. The van der Waals surface area contributed by atoms with Crippen LogP contribution in [0.5, 0.6) is 5.75 Å². The average Bonchev–Trinajstić information content (AvgIpc) is 2.38. The highest BCUT2D eigenvalue weighted by Gasteiger charge is 2.13. The molecule has 0 radical (unpaired) electrons. The third kappa shape index (κ3) is 2.48. The molecule has 0 fully saturated rings. The minimum absolute atomic E-state index is 0.0972. The molecule has 1 N–H and O–H groups in total. The van der Waals surface area contributed by atoms with Gasteiger partial charge in [-0.15, -0.1) is 0 Å². The molecule has 0 unspecified atom stereocenters. The number of carbonyl (C=O) groups is 1. The number of aromatic hydroxyl groups is 1. The molecule has 0 aliphatic rings. The molecule has 1 amide bonds. The Labute approximate surface area is 104 Å². The van der Waals surface area contributed by atoms with Gasteiger partial charge in [-0.05, 0) is 42.5 Å². The lowest BCUT2D eigenvalue weighted by molar-refractivity contribution is 0.0993. The fraction of sp³-hybridized carbons (Fsp3) is 0.0714. The lowest BCUT2D eigenvalue weighted by Gasteiger charge is -2.17. The maximum absolute atomic E-state index is 13.1. The van der Waals surface area contributed by atoms with Gasteiger partial charge < -0.3 is 10.0 Å². The molecule has 0 heterocycles. The summed E-state index contributed by atoms with van der Waals surface area (Å²) >= 11 is 0. The Morgan fingerprint density at radius 2 is 1.83 bits per heavy atom. The second-order valence-corrected chi connectivity index (χ2v) is 3.89. The summed E-state index contributed by atoms with van der Waals surface area (Å²) in [6.45, 7) is 0. The van der Waals surface area contributed by atoms with E-state index >= 15 is 0 Å². The molecule has 2 rings (SSSR count). The van der Waals surface area contributed by atoms with E-state index in [2.05, 4.69) is 0 Å². The van der Waals surface area contributed by atoms with E-state index in [1.807, 2.05) is 0 Å². The van der Waals surface area contributed by atoms with Crippen molar-refractivity contribution in [1.82, 2.24) is 0 Å². The Morgan fingerprint density at radius 1 is 1.17 bits per heavy atom. The van der Waals surface area contributed by atoms with E-state index in [-0.39, 0.29) is 11.7 Å². The molecule has 3 nitrogen and oxygen atoms in total. The summed E-state index contributed by atoms with van der Waals surface area (Å²) in [7, 11) is 1.57. The first kappa shape index (κ1) is 12.1. The van der Waals surface area contributed by atoms with E-state index in [1.165, 1.54) is 41.3 Å². The van der Waals surface area contributed by atoms with E-state index in [0.717, 1.165) is 0 Å². The van der Waals surface area contributed by atoms with Gasteiger partial charge in [-0.1, -0.05) is 6.07 Å². The molecule has 18 heavy (non-hydrogen) atoms. The zero-order valence-electron chi connectivity index (χ0n) is 9.80. The molecule has 0 saturated carbocycles. The average molecular weight is 245 g/mol. The topological polar surface area (TPSA) is 40.5 Å². The molecular formula is C14H12FNO2. The quantitative estimate of drug-likeness (QED) is 0.883. The van der Waals surface area contributed by atoms with Gasteiger partial charge in [-0.25, -0.2) is 4.39 Å². The van der Waals surface area contributed by atoms with Crippen LogP contribution in [0.2, 0.25) is 0 Å². The molecule has 0 aliphatic heterocycles. The van der Waals surface area contributed by atoms with Crippen LogP contribution in [0.15, 0.2) is 48.5 Å². The largest absolute Gasteiger partial charge is 0.508 e. The van der Waals surface area contributed by atoms with Gasteiger partial charge in [0, 0.05) is 18.3 Å². The van der Waals surface area contributed by atoms with E-state index in [4.69, 9.17) is 5.11 Å². The molecule has 0 bridgehead atoms. The number of hydrogen-bond acceptors (Lipinski definition) is 2. The monoisotopic (exact) mass is 245 g/mol. The fourth-order valence-electron chi connectivity index (χ4n) is 1.60. The van der Waals surface area contributed by atoms with Gasteiger partial charge in [0.05, 0.1) is 0 Å². The molecule has 0 spiro atoms. The van der Waals surface area contributed by atoms with Crippen LogP contribution in [0.25, 0.3) is 0 Å². The molecular weight excluding hydrogens is 233 g/mol. The van der Waals surface area contributed by atoms with Crippen molar-refractivity contribution < 1.29 is 14.3 Å². The number of phenolic OH excluding ortho intramolecular Hbond substituents is 1. The molecule has 4 heteroatoms. The van der Waals surface area contributed by atoms with Gasteiger partial charge >= 0.3 is 0 Å². The second-order valence-electron chi connectivity index (χ2n) is 3.89. The van der Waals surface area contributed by atoms with Crippen molar-refractivity contribution in [1.29, 1.82) is 0 Å². The SMILES string of the molecule is CN(C(=O)c1ccc(O)cc1)c1cccc(F)c1. The third-order valence-corrected chi connectivity index (χ3v) is 2.61. The van der Waals surface area contributed by atoms with Crippen LogP contribution in [0.4, 0.5) is 10.1 Å². The summed E-state index contributed by atoms with van der Waals surface area (Å²) in [6, 6.07) is 11.7. The Balaban J connectivity index is 2.26. The summed E-state index contributed by atoms with van der Waals surface area (Å²) in [4.78, 5) is 13.4. The standard InChI is InChI=1S/C14H12FNO2/c1-16(12-4-2-3-11(15)9-12)14(18)10-5-7-13(17)8-6-10/h2-9,17H,1H3. The van der Waals surface area contributed by atoms with E-state index < -0.39 is 5.82 Å². The minimum Gasteiger partial charge on any atom is -0.508 e. The van der Waals surface area contributed by atoms with Gasteiger partial charge in [0.2, 0.25) is 0 Å². The van der Waals surface area contributed by atoms with E-state index in [0.29, 0.717) is 11.3 Å². The van der Waals surface area contributed by atoms with Crippen LogP contribution in [-0.2, 0) is 0 Å². The normalized spacial score (nSPS) is 10.1. The van der Waals surface area contributed by atoms with Crippen LogP contribution in [0, 0.1) is 5.82 Å². The van der Waals surface area contributed by atoms with Crippen LogP contribution in [0.3, 0.4) is 0 Å². The van der Waals surface area contributed by atoms with Crippen molar-refractivity contribution in [3.05, 3.63) is 59.9 Å². The van der Waals surface area contributed by atoms with Crippen molar-refractivity contribution in [3.63, 3.8) is 0 Å². The smallest absolute Gasteiger partial charge is 0.258 e. The maximum atomic E-state index is 13.1. The Hall–Kier alpha value is -2.36. The van der Waals surface area contributed by atoms with Gasteiger partial charge in [0.25, 0.3) is 5.91 Å². The number of carbonyl (C=O) groups excluding carboxylic acids is 1. The van der Waals surface area contributed by atoms with Gasteiger partial charge in [-0.2, -0.15) is 0 Å². The highest BCUT2D eigenvalue weighted by molar-refractivity contribution is 6.05. The second kappa shape index (κ2) is 4.87. The number of amides is 1. The number of hydrogen-bond donors (Lipinski definition) is 1. The maximum Gasteiger partial charge on any atom is 0.258 e. The highest BCUT2D eigenvalue weighted by atomic mass is 19.1. The molecule has 0 atom stereocenters. The van der Waals surface area contributed by atoms with Crippen molar-refractivity contribution in [2.24, 2.45) is 0 Å². The molecule has 0 aliphatic carbocycles. The van der Waals surface area contributed by atoms with Crippen LogP contribution >= 0.6 is 0 Å². The van der Waals surface area contributed by atoms with Crippen LogP contribution < -0.4 is 4.90 Å². The molecule has 92 valence electrons. The third-order valence-electron chi connectivity index (χ3n) is 2.61. The van der Waals surface area contributed by atoms with Crippen LogP contribution in [0.1, 0.15) is 10.4 Å². The first-order chi connectivity index (χ1) is 8.58. The predicted molar refractivity (Wildman–Crippen MR) is 67.2 cm³/mol. The fourth-order valence-corrected chi connectivity index (χ4v) is 1.60. The summed E-state index contributed by atoms with van der Waals surface area (Å²) in [5, 5.41) is 9.16. The number of benzene rings is 2. The molecule has 2 aromatic rings.